The Balaban J connectivity index is 1.40. The fourth-order valence-corrected chi connectivity index (χ4v) is 10.1. The second kappa shape index (κ2) is 26.0. The molecule has 6 amide bonds. The van der Waals surface area contributed by atoms with E-state index in [-0.39, 0.29) is 17.1 Å². The lowest BCUT2D eigenvalue weighted by Crippen LogP contribution is -2.60. The standard InChI is InChI=1S/C46H58N6O23/c1-46-11-10-22-21-5-3-20(53)12-19(21)2-4-23(22)24(46)6-7-31(46)75-39(67)9-8-32(54)47-25(13-33(55)56)40(68)48-26(14-34(57)58)41(69)49-27(15-35(59)60)42(70)50-28(16-36(61)62)43(71)51-29(17-37(63)64)44(72)52-30(45(73)74)18-38(65)66/h3,5,12,22-31,53H,2,4,6-11,13-18H2,1H3,(H,47,54)(H,48,68)(H,49,69)(H,50,70)(H,51,71)(H,52,72)(H,55,56)(H,57,58)(H,59,60)(H,61,62)(H,63,64)(H,65,66)(H,73,74)/t22-,23-,24+,25+,26+,27+,28+,29+,30+,31-,46+/m1/s1. The van der Waals surface area contributed by atoms with Crippen molar-refractivity contribution in [2.75, 3.05) is 0 Å². The highest BCUT2D eigenvalue weighted by Gasteiger charge is 2.56. The van der Waals surface area contributed by atoms with Crippen molar-refractivity contribution in [2.24, 2.45) is 17.3 Å². The van der Waals surface area contributed by atoms with E-state index in [2.05, 4.69) is 12.2 Å². The van der Waals surface area contributed by atoms with E-state index >= 15 is 0 Å². The quantitative estimate of drug-likeness (QED) is 0.0395. The zero-order valence-corrected chi connectivity index (χ0v) is 40.1. The number of aryl methyl sites for hydroxylation is 1. The van der Waals surface area contributed by atoms with Crippen molar-refractivity contribution in [1.82, 2.24) is 31.9 Å². The SMILES string of the molecule is C[C@]12CC[C@@H]3c4ccc(O)cc4CC[C@H]3[C@@H]1CC[C@H]2OC(=O)CCC(=O)N[C@@H](CC(=O)O)C(=O)N[C@@H](CC(=O)O)C(=O)N[C@@H](CC(=O)O)C(=O)N[C@@H](CC(=O)O)C(=O)N[C@@H](CC(=O)O)C(=O)N[C@@H](CC(=O)O)C(=O)O. The molecule has 0 saturated heterocycles. The number of fused-ring (bicyclic) bond motifs is 5. The molecule has 1 aromatic rings. The molecule has 2 fully saturated rings. The number of carboxylic acids is 7. The molecule has 0 heterocycles. The first kappa shape index (κ1) is 59.2. The van der Waals surface area contributed by atoms with E-state index in [4.69, 9.17) is 9.84 Å². The van der Waals surface area contributed by atoms with Crippen LogP contribution in [0.4, 0.5) is 0 Å². The molecule has 3 aliphatic rings. The van der Waals surface area contributed by atoms with Gasteiger partial charge in [-0.2, -0.15) is 0 Å². The van der Waals surface area contributed by atoms with Crippen LogP contribution >= 0.6 is 0 Å². The minimum absolute atomic E-state index is 0.210. The van der Waals surface area contributed by atoms with Crippen LogP contribution in [0.5, 0.6) is 5.75 Å². The minimum Gasteiger partial charge on any atom is -0.508 e. The number of esters is 1. The lowest BCUT2D eigenvalue weighted by Gasteiger charge is -2.50. The number of phenols is 1. The largest absolute Gasteiger partial charge is 0.508 e. The molecular formula is C46H58N6O23. The molecule has 0 spiro atoms. The number of rotatable bonds is 28. The molecule has 11 atom stereocenters. The van der Waals surface area contributed by atoms with Crippen LogP contribution in [0.2, 0.25) is 0 Å². The predicted molar refractivity (Wildman–Crippen MR) is 245 cm³/mol. The Morgan fingerprint density at radius 1 is 0.533 bits per heavy atom. The van der Waals surface area contributed by atoms with Gasteiger partial charge < -0.3 is 77.5 Å². The maximum atomic E-state index is 13.5. The van der Waals surface area contributed by atoms with Gasteiger partial charge in [0.15, 0.2) is 0 Å². The van der Waals surface area contributed by atoms with Gasteiger partial charge in [-0.05, 0) is 79.5 Å². The molecule has 3 aliphatic carbocycles. The van der Waals surface area contributed by atoms with Gasteiger partial charge in [0, 0.05) is 11.8 Å². The van der Waals surface area contributed by atoms with Gasteiger partial charge in [-0.3, -0.25) is 62.3 Å². The zero-order chi connectivity index (χ0) is 56.1. The van der Waals surface area contributed by atoms with Gasteiger partial charge in [-0.15, -0.1) is 0 Å². The molecule has 0 aliphatic heterocycles. The van der Waals surface area contributed by atoms with Gasteiger partial charge in [0.1, 0.15) is 48.1 Å². The molecule has 75 heavy (non-hydrogen) atoms. The van der Waals surface area contributed by atoms with E-state index < -0.39 is 177 Å². The highest BCUT2D eigenvalue weighted by Crippen LogP contribution is 2.61. The van der Waals surface area contributed by atoms with Gasteiger partial charge in [0.2, 0.25) is 35.4 Å². The summed E-state index contributed by atoms with van der Waals surface area (Å²) in [6.45, 7) is 2.08. The van der Waals surface area contributed by atoms with Gasteiger partial charge in [0.25, 0.3) is 0 Å². The highest BCUT2D eigenvalue weighted by atomic mass is 16.5. The summed E-state index contributed by atoms with van der Waals surface area (Å²) in [7, 11) is 0. The van der Waals surface area contributed by atoms with Crippen LogP contribution in [-0.2, 0) is 78.3 Å². The molecule has 29 nitrogen and oxygen atoms in total. The number of carbonyl (C=O) groups excluding carboxylic acids is 7. The van der Waals surface area contributed by atoms with Gasteiger partial charge in [0.05, 0.1) is 44.9 Å². The number of aromatic hydroxyl groups is 1. The van der Waals surface area contributed by atoms with E-state index in [1.54, 1.807) is 28.1 Å². The number of hydrogen-bond acceptors (Lipinski definition) is 16. The Kier molecular flexibility index (Phi) is 20.5. The van der Waals surface area contributed by atoms with E-state index in [1.165, 1.54) is 5.56 Å². The molecule has 0 bridgehead atoms. The van der Waals surface area contributed by atoms with Gasteiger partial charge in [-0.25, -0.2) is 4.79 Å². The van der Waals surface area contributed by atoms with Gasteiger partial charge >= 0.3 is 47.8 Å². The lowest BCUT2D eigenvalue weighted by atomic mass is 9.55. The number of carboxylic acid groups (broad SMARTS) is 7. The number of ether oxygens (including phenoxy) is 1. The lowest BCUT2D eigenvalue weighted by molar-refractivity contribution is -0.158. The van der Waals surface area contributed by atoms with E-state index in [9.17, 15) is 103 Å². The summed E-state index contributed by atoms with van der Waals surface area (Å²) < 4.78 is 5.92. The van der Waals surface area contributed by atoms with E-state index in [1.807, 2.05) is 16.7 Å². The third-order valence-corrected chi connectivity index (χ3v) is 13.5. The smallest absolute Gasteiger partial charge is 0.326 e. The fraction of sp³-hybridized carbons (Fsp3) is 0.565. The van der Waals surface area contributed by atoms with Crippen LogP contribution in [0.1, 0.15) is 107 Å². The number of benzene rings is 1. The van der Waals surface area contributed by atoms with Crippen LogP contribution in [-0.4, -0.2) is 166 Å². The van der Waals surface area contributed by atoms with Crippen molar-refractivity contribution in [3.63, 3.8) is 0 Å². The normalized spacial score (nSPS) is 21.6. The molecule has 410 valence electrons. The first-order valence-electron chi connectivity index (χ1n) is 23.4. The molecule has 0 aromatic heterocycles. The monoisotopic (exact) mass is 1060 g/mol. The average Bonchev–Trinajstić information content (AvgIpc) is 3.63. The fourth-order valence-electron chi connectivity index (χ4n) is 10.1. The Bertz CT molecular complexity index is 2460. The average molecular weight is 1060 g/mol. The van der Waals surface area contributed by atoms with Crippen LogP contribution in [0.25, 0.3) is 0 Å². The summed E-state index contributed by atoms with van der Waals surface area (Å²) in [5, 5.41) is 86.6. The Labute approximate surface area is 424 Å². The highest BCUT2D eigenvalue weighted by molar-refractivity contribution is 6.00. The van der Waals surface area contributed by atoms with Crippen molar-refractivity contribution >= 4 is 83.2 Å². The number of amides is 6. The molecule has 29 heteroatoms. The number of phenolic OH excluding ortho intramolecular Hbond substituents is 1. The van der Waals surface area contributed by atoms with Crippen molar-refractivity contribution in [3.05, 3.63) is 29.3 Å². The number of carbonyl (C=O) groups is 14. The number of nitrogens with one attached hydrogen (secondary N) is 6. The van der Waals surface area contributed by atoms with Crippen molar-refractivity contribution < 1.29 is 113 Å². The predicted octanol–water partition coefficient (Wildman–Crippen LogP) is -2.22. The molecular weight excluding hydrogens is 1000 g/mol. The van der Waals surface area contributed by atoms with Crippen LogP contribution in [0.3, 0.4) is 0 Å². The van der Waals surface area contributed by atoms with Crippen molar-refractivity contribution in [1.29, 1.82) is 0 Å². The molecule has 0 unspecified atom stereocenters. The summed E-state index contributed by atoms with van der Waals surface area (Å²) in [6, 6.07) is -7.94. The van der Waals surface area contributed by atoms with Crippen LogP contribution in [0.15, 0.2) is 18.2 Å². The summed E-state index contributed by atoms with van der Waals surface area (Å²) in [6.07, 6.45) is -4.68. The molecule has 4 rings (SSSR count). The number of aliphatic carboxylic acids is 7. The first-order valence-corrected chi connectivity index (χ1v) is 23.4. The van der Waals surface area contributed by atoms with Gasteiger partial charge in [-0.1, -0.05) is 13.0 Å². The first-order chi connectivity index (χ1) is 35.1. The molecule has 0 radical (unpaired) electrons. The molecule has 14 N–H and O–H groups in total. The number of hydrogen-bond donors (Lipinski definition) is 14. The van der Waals surface area contributed by atoms with Crippen LogP contribution in [0, 0.1) is 17.3 Å². The van der Waals surface area contributed by atoms with Crippen LogP contribution < -0.4 is 31.9 Å². The zero-order valence-electron chi connectivity index (χ0n) is 40.1. The Morgan fingerprint density at radius 2 is 0.933 bits per heavy atom. The third kappa shape index (κ3) is 16.8. The van der Waals surface area contributed by atoms with E-state index in [0.29, 0.717) is 18.3 Å². The van der Waals surface area contributed by atoms with Crippen molar-refractivity contribution in [3.8, 4) is 5.75 Å². The summed E-state index contributed by atoms with van der Waals surface area (Å²) in [4.78, 5) is 174. The summed E-state index contributed by atoms with van der Waals surface area (Å²) >= 11 is 0. The third-order valence-electron chi connectivity index (χ3n) is 13.5. The molecule has 2 saturated carbocycles. The van der Waals surface area contributed by atoms with E-state index in [0.717, 1.165) is 37.7 Å². The Morgan fingerprint density at radius 3 is 1.35 bits per heavy atom. The van der Waals surface area contributed by atoms with Crippen molar-refractivity contribution in [2.45, 2.75) is 145 Å². The second-order valence-corrected chi connectivity index (χ2v) is 18.8. The minimum atomic E-state index is -2.35. The Hall–Kier alpha value is -8.40. The summed E-state index contributed by atoms with van der Waals surface area (Å²) in [5.74, 6) is -21.3. The maximum absolute atomic E-state index is 13.5. The summed E-state index contributed by atoms with van der Waals surface area (Å²) in [5.41, 5.74) is 1.99. The second-order valence-electron chi connectivity index (χ2n) is 18.8. The molecule has 1 aromatic carbocycles. The topological polar surface area (TPSA) is 482 Å². The maximum Gasteiger partial charge on any atom is 0.326 e.